The highest BCUT2D eigenvalue weighted by molar-refractivity contribution is 9.11. The van der Waals surface area contributed by atoms with Crippen LogP contribution in [0.25, 0.3) is 0 Å². The number of benzene rings is 1. The van der Waals surface area contributed by atoms with Crippen LogP contribution in [0.5, 0.6) is 0 Å². The quantitative estimate of drug-likeness (QED) is 0.796. The highest BCUT2D eigenvalue weighted by Crippen LogP contribution is 2.37. The number of hydrogen-bond acceptors (Lipinski definition) is 3. The Morgan fingerprint density at radius 2 is 1.95 bits per heavy atom. The lowest BCUT2D eigenvalue weighted by atomic mass is 10.2. The second kappa shape index (κ2) is 5.44. The van der Waals surface area contributed by atoms with Crippen LogP contribution in [0.1, 0.15) is 5.56 Å². The predicted molar refractivity (Wildman–Crippen MR) is 83.8 cm³/mol. The molecule has 0 spiro atoms. The summed E-state index contributed by atoms with van der Waals surface area (Å²) in [5.41, 5.74) is 1.55. The van der Waals surface area contributed by atoms with E-state index in [1.807, 2.05) is 25.1 Å². The molecule has 0 aliphatic carbocycles. The molecule has 0 atom stereocenters. The summed E-state index contributed by atoms with van der Waals surface area (Å²) in [6, 6.07) is 8.79. The lowest BCUT2D eigenvalue weighted by Crippen LogP contribution is -2.26. The Balaban J connectivity index is 2.48. The minimum atomic E-state index is -3.58. The highest BCUT2D eigenvalue weighted by Gasteiger charge is 2.25. The molecule has 0 N–H and O–H groups in total. The van der Waals surface area contributed by atoms with Crippen molar-refractivity contribution >= 4 is 54.6 Å². The van der Waals surface area contributed by atoms with Gasteiger partial charge in [0.1, 0.15) is 4.21 Å². The van der Waals surface area contributed by atoms with E-state index >= 15 is 0 Å². The summed E-state index contributed by atoms with van der Waals surface area (Å²) >= 11 is 10.2. The van der Waals surface area contributed by atoms with Crippen molar-refractivity contribution < 1.29 is 8.42 Å². The number of nitrogens with zero attached hydrogens (tertiary/aromatic N) is 1. The van der Waals surface area contributed by atoms with Crippen molar-refractivity contribution in [3.05, 3.63) is 44.7 Å². The molecule has 0 aliphatic rings. The van der Waals surface area contributed by atoms with Crippen LogP contribution in [0.2, 0.25) is 5.02 Å². The number of anilines is 1. The topological polar surface area (TPSA) is 37.4 Å². The van der Waals surface area contributed by atoms with Gasteiger partial charge < -0.3 is 0 Å². The number of sulfonamides is 1. The maximum Gasteiger partial charge on any atom is 0.273 e. The smallest absolute Gasteiger partial charge is 0.268 e. The van der Waals surface area contributed by atoms with Gasteiger partial charge in [-0.25, -0.2) is 8.42 Å². The van der Waals surface area contributed by atoms with Crippen LogP contribution in [0, 0.1) is 6.92 Å². The molecule has 7 heteroatoms. The molecule has 1 heterocycles. The van der Waals surface area contributed by atoms with Crippen LogP contribution in [0.15, 0.2) is 38.3 Å². The molecule has 1 aromatic carbocycles. The van der Waals surface area contributed by atoms with Gasteiger partial charge in [-0.15, -0.1) is 11.3 Å². The molecule has 0 aliphatic heterocycles. The van der Waals surface area contributed by atoms with Crippen LogP contribution in [0.3, 0.4) is 0 Å². The predicted octanol–water partition coefficient (Wildman–Crippen LogP) is 4.30. The fourth-order valence-corrected chi connectivity index (χ4v) is 5.47. The minimum Gasteiger partial charge on any atom is -0.268 e. The van der Waals surface area contributed by atoms with Crippen molar-refractivity contribution in [3.63, 3.8) is 0 Å². The van der Waals surface area contributed by atoms with Crippen LogP contribution in [-0.4, -0.2) is 15.5 Å². The first-order chi connectivity index (χ1) is 8.84. The summed E-state index contributed by atoms with van der Waals surface area (Å²) < 4.78 is 27.1. The molecule has 102 valence electrons. The second-order valence-corrected chi connectivity index (χ2v) is 8.92. The van der Waals surface area contributed by atoms with E-state index in [1.165, 1.54) is 10.4 Å². The largest absolute Gasteiger partial charge is 0.273 e. The standard InChI is InChI=1S/C12H11BrClNO2S2/c1-8-5-3-4-6-10(8)15(2)19(16,17)11-7-9(14)12(13)18-11/h3-7H,1-2H3. The van der Waals surface area contributed by atoms with Crippen molar-refractivity contribution in [2.75, 3.05) is 11.4 Å². The zero-order valence-corrected chi connectivity index (χ0v) is 14.2. The van der Waals surface area contributed by atoms with Crippen molar-refractivity contribution in [3.8, 4) is 0 Å². The highest BCUT2D eigenvalue weighted by atomic mass is 79.9. The monoisotopic (exact) mass is 379 g/mol. The van der Waals surface area contributed by atoms with Gasteiger partial charge in [0.2, 0.25) is 0 Å². The van der Waals surface area contributed by atoms with Gasteiger partial charge in [0, 0.05) is 7.05 Å². The number of rotatable bonds is 3. The first-order valence-corrected chi connectivity index (χ1v) is 8.76. The Kier molecular flexibility index (Phi) is 4.25. The number of thiophene rings is 1. The third kappa shape index (κ3) is 2.81. The van der Waals surface area contributed by atoms with Crippen molar-refractivity contribution in [2.24, 2.45) is 0 Å². The molecule has 0 amide bonds. The number of aryl methyl sites for hydroxylation is 1. The molecule has 2 rings (SSSR count). The van der Waals surface area contributed by atoms with Gasteiger partial charge in [-0.2, -0.15) is 0 Å². The maximum atomic E-state index is 12.5. The van der Waals surface area contributed by atoms with E-state index in [0.29, 0.717) is 14.5 Å². The van der Waals surface area contributed by atoms with E-state index in [-0.39, 0.29) is 4.21 Å². The molecule has 3 nitrogen and oxygen atoms in total. The summed E-state index contributed by atoms with van der Waals surface area (Å²) in [6.45, 7) is 1.87. The van der Waals surface area contributed by atoms with Gasteiger partial charge >= 0.3 is 0 Å². The van der Waals surface area contributed by atoms with Crippen LogP contribution < -0.4 is 4.31 Å². The van der Waals surface area contributed by atoms with Crippen molar-refractivity contribution in [1.29, 1.82) is 0 Å². The third-order valence-electron chi connectivity index (χ3n) is 2.69. The molecule has 2 aromatic rings. The summed E-state index contributed by atoms with van der Waals surface area (Å²) in [7, 11) is -2.04. The molecule has 0 fully saturated rings. The summed E-state index contributed by atoms with van der Waals surface area (Å²) in [5.74, 6) is 0. The SMILES string of the molecule is Cc1ccccc1N(C)S(=O)(=O)c1cc(Cl)c(Br)s1. The van der Waals surface area contributed by atoms with E-state index in [2.05, 4.69) is 15.9 Å². The van der Waals surface area contributed by atoms with Crippen LogP contribution in [0.4, 0.5) is 5.69 Å². The first-order valence-electron chi connectivity index (χ1n) is 5.33. The van der Waals surface area contributed by atoms with E-state index in [1.54, 1.807) is 13.1 Å². The average molecular weight is 381 g/mol. The van der Waals surface area contributed by atoms with Crippen molar-refractivity contribution in [1.82, 2.24) is 0 Å². The average Bonchev–Trinajstić information content (AvgIpc) is 2.70. The summed E-state index contributed by atoms with van der Waals surface area (Å²) in [6.07, 6.45) is 0. The molecule has 1 aromatic heterocycles. The summed E-state index contributed by atoms with van der Waals surface area (Å²) in [4.78, 5) is 0. The number of halogens is 2. The Bertz CT molecular complexity index is 693. The van der Waals surface area contributed by atoms with Gasteiger partial charge in [0.15, 0.2) is 0 Å². The Labute approximate surface area is 130 Å². The van der Waals surface area contributed by atoms with Crippen LogP contribution >= 0.6 is 38.9 Å². The van der Waals surface area contributed by atoms with Gasteiger partial charge in [0.25, 0.3) is 10.0 Å². The molecule has 0 saturated heterocycles. The van der Waals surface area contributed by atoms with E-state index in [9.17, 15) is 8.42 Å². The van der Waals surface area contributed by atoms with Gasteiger partial charge in [-0.3, -0.25) is 4.31 Å². The molecule has 0 saturated carbocycles. The molecule has 19 heavy (non-hydrogen) atoms. The molecule has 0 bridgehead atoms. The number of hydrogen-bond donors (Lipinski definition) is 0. The Hall–Kier alpha value is -0.560. The number of para-hydroxylation sites is 1. The first kappa shape index (κ1) is 14.8. The van der Waals surface area contributed by atoms with Crippen LogP contribution in [-0.2, 0) is 10.0 Å². The normalized spacial score (nSPS) is 11.6. The lowest BCUT2D eigenvalue weighted by molar-refractivity contribution is 0.596. The minimum absolute atomic E-state index is 0.218. The van der Waals surface area contributed by atoms with Gasteiger partial charge in [0.05, 0.1) is 14.5 Å². The fourth-order valence-electron chi connectivity index (χ4n) is 1.64. The lowest BCUT2D eigenvalue weighted by Gasteiger charge is -2.20. The van der Waals surface area contributed by atoms with Gasteiger partial charge in [-0.1, -0.05) is 29.8 Å². The second-order valence-electron chi connectivity index (χ2n) is 3.95. The van der Waals surface area contributed by atoms with Gasteiger partial charge in [-0.05, 0) is 40.5 Å². The maximum absolute atomic E-state index is 12.5. The zero-order chi connectivity index (χ0) is 14.2. The molecule has 0 unspecified atom stereocenters. The van der Waals surface area contributed by atoms with E-state index in [4.69, 9.17) is 11.6 Å². The Morgan fingerprint density at radius 1 is 1.32 bits per heavy atom. The van der Waals surface area contributed by atoms with Crippen molar-refractivity contribution in [2.45, 2.75) is 11.1 Å². The van der Waals surface area contributed by atoms with E-state index in [0.717, 1.165) is 16.9 Å². The molecule has 0 radical (unpaired) electrons. The Morgan fingerprint density at radius 3 is 2.47 bits per heavy atom. The fraction of sp³-hybridized carbons (Fsp3) is 0.167. The third-order valence-corrected chi connectivity index (χ3v) is 7.39. The molecular formula is C12H11BrClNO2S2. The zero-order valence-electron chi connectivity index (χ0n) is 10.2. The molecular weight excluding hydrogens is 370 g/mol. The summed E-state index contributed by atoms with van der Waals surface area (Å²) in [5, 5.41) is 0.404. The van der Waals surface area contributed by atoms with E-state index < -0.39 is 10.0 Å².